The summed E-state index contributed by atoms with van der Waals surface area (Å²) in [4.78, 5) is 9.21. The van der Waals surface area contributed by atoms with Crippen LogP contribution in [0.1, 0.15) is 25.1 Å². The van der Waals surface area contributed by atoms with Crippen LogP contribution in [0.4, 0.5) is 13.2 Å². The lowest BCUT2D eigenvalue weighted by atomic mass is 9.97. The van der Waals surface area contributed by atoms with Crippen molar-refractivity contribution in [3.63, 3.8) is 0 Å². The molecule has 22 heavy (non-hydrogen) atoms. The molecule has 0 aliphatic carbocycles. The second-order valence-corrected chi connectivity index (χ2v) is 5.72. The van der Waals surface area contributed by atoms with Gasteiger partial charge in [-0.2, -0.15) is 13.2 Å². The molecule has 0 amide bonds. The molecule has 0 spiro atoms. The van der Waals surface area contributed by atoms with Gasteiger partial charge in [-0.15, -0.1) is 0 Å². The summed E-state index contributed by atoms with van der Waals surface area (Å²) in [6, 6.07) is 6.57. The molecule has 1 aliphatic rings. The molecule has 1 fully saturated rings. The van der Waals surface area contributed by atoms with Gasteiger partial charge in [-0.1, -0.05) is 18.6 Å². The molecule has 2 atom stereocenters. The number of benzene rings is 1. The van der Waals surface area contributed by atoms with E-state index >= 15 is 0 Å². The van der Waals surface area contributed by atoms with Gasteiger partial charge < -0.3 is 10.1 Å². The molecule has 1 aliphatic heterocycles. The summed E-state index contributed by atoms with van der Waals surface area (Å²) in [5.41, 5.74) is 1.66. The number of alkyl halides is 3. The number of imidazole rings is 1. The second-order valence-electron chi connectivity index (χ2n) is 5.72. The van der Waals surface area contributed by atoms with Gasteiger partial charge >= 0.3 is 6.18 Å². The molecule has 7 heteroatoms. The van der Waals surface area contributed by atoms with Crippen LogP contribution in [0.25, 0.3) is 11.0 Å². The molecule has 0 radical (unpaired) electrons. The largest absolute Gasteiger partial charge is 0.415 e. The molecule has 0 saturated carbocycles. The van der Waals surface area contributed by atoms with Gasteiger partial charge in [-0.05, 0) is 31.5 Å². The maximum atomic E-state index is 12.8. The van der Waals surface area contributed by atoms with Crippen LogP contribution in [-0.4, -0.2) is 44.8 Å². The standard InChI is InChI=1S/C15H18F3N3O/c16-15(17,18)14(22)12-7-3-4-8-21(12)9-13-19-10-5-1-2-6-11(10)20-13/h1-2,5-6,12,14,22H,3-4,7-9H2,(H,19,20). The lowest BCUT2D eigenvalue weighted by molar-refractivity contribution is -0.225. The third-order valence-electron chi connectivity index (χ3n) is 4.16. The third kappa shape index (κ3) is 3.10. The Morgan fingerprint density at radius 2 is 2.09 bits per heavy atom. The number of piperidine rings is 1. The second kappa shape index (κ2) is 5.89. The summed E-state index contributed by atoms with van der Waals surface area (Å²) in [5.74, 6) is 0.627. The van der Waals surface area contributed by atoms with E-state index in [1.165, 1.54) is 0 Å². The van der Waals surface area contributed by atoms with Crippen LogP contribution in [-0.2, 0) is 6.54 Å². The highest BCUT2D eigenvalue weighted by molar-refractivity contribution is 5.74. The van der Waals surface area contributed by atoms with Crippen LogP contribution in [0.2, 0.25) is 0 Å². The molecule has 2 aromatic rings. The molecule has 2 unspecified atom stereocenters. The van der Waals surface area contributed by atoms with E-state index in [1.54, 1.807) is 4.90 Å². The lowest BCUT2D eigenvalue weighted by Crippen LogP contribution is -2.52. The van der Waals surface area contributed by atoms with Crippen LogP contribution >= 0.6 is 0 Å². The zero-order valence-corrected chi connectivity index (χ0v) is 12.0. The summed E-state index contributed by atoms with van der Waals surface area (Å²) >= 11 is 0. The van der Waals surface area contributed by atoms with Crippen molar-refractivity contribution in [1.29, 1.82) is 0 Å². The number of halogens is 3. The van der Waals surface area contributed by atoms with Crippen molar-refractivity contribution in [2.45, 2.75) is 44.1 Å². The molecule has 1 saturated heterocycles. The number of nitrogens with zero attached hydrogens (tertiary/aromatic N) is 2. The topological polar surface area (TPSA) is 52.1 Å². The number of rotatable bonds is 3. The molecule has 0 bridgehead atoms. The summed E-state index contributed by atoms with van der Waals surface area (Å²) in [7, 11) is 0. The average molecular weight is 313 g/mol. The quantitative estimate of drug-likeness (QED) is 0.916. The van der Waals surface area contributed by atoms with E-state index in [4.69, 9.17) is 0 Å². The fourth-order valence-corrected chi connectivity index (χ4v) is 3.06. The third-order valence-corrected chi connectivity index (χ3v) is 4.16. The average Bonchev–Trinajstić information content (AvgIpc) is 2.88. The Bertz CT molecular complexity index is 607. The number of para-hydroxylation sites is 2. The van der Waals surface area contributed by atoms with Gasteiger partial charge in [0.05, 0.1) is 17.6 Å². The first-order valence-electron chi connectivity index (χ1n) is 7.37. The summed E-state index contributed by atoms with van der Waals surface area (Å²) in [6.07, 6.45) is -5.01. The van der Waals surface area contributed by atoms with E-state index in [0.717, 1.165) is 17.5 Å². The van der Waals surface area contributed by atoms with Crippen LogP contribution in [0.15, 0.2) is 24.3 Å². The molecule has 1 aromatic carbocycles. The number of aliphatic hydroxyl groups excluding tert-OH is 1. The monoisotopic (exact) mass is 313 g/mol. The van der Waals surface area contributed by atoms with E-state index in [1.807, 2.05) is 24.3 Å². The zero-order valence-electron chi connectivity index (χ0n) is 12.0. The van der Waals surface area contributed by atoms with Crippen LogP contribution in [0, 0.1) is 0 Å². The van der Waals surface area contributed by atoms with E-state index in [0.29, 0.717) is 25.2 Å². The lowest BCUT2D eigenvalue weighted by Gasteiger charge is -2.38. The van der Waals surface area contributed by atoms with Gasteiger partial charge in [-0.25, -0.2) is 4.98 Å². The Hall–Kier alpha value is -1.60. The molecular weight excluding hydrogens is 295 g/mol. The van der Waals surface area contributed by atoms with Gasteiger partial charge in [0.2, 0.25) is 0 Å². The Labute approximate surface area is 126 Å². The highest BCUT2D eigenvalue weighted by Gasteiger charge is 2.46. The van der Waals surface area contributed by atoms with E-state index < -0.39 is 18.3 Å². The summed E-state index contributed by atoms with van der Waals surface area (Å²) in [5, 5.41) is 9.60. The first kappa shape index (κ1) is 15.3. The fraction of sp³-hybridized carbons (Fsp3) is 0.533. The molecule has 1 aromatic heterocycles. The van der Waals surface area contributed by atoms with Gasteiger partial charge in [-0.3, -0.25) is 4.90 Å². The van der Waals surface area contributed by atoms with Crippen molar-refractivity contribution in [3.8, 4) is 0 Å². The first-order chi connectivity index (χ1) is 10.4. The van der Waals surface area contributed by atoms with Crippen LogP contribution < -0.4 is 0 Å². The number of hydrogen-bond donors (Lipinski definition) is 2. The van der Waals surface area contributed by atoms with Crippen LogP contribution in [0.3, 0.4) is 0 Å². The molecular formula is C15H18F3N3O. The minimum Gasteiger partial charge on any atom is -0.382 e. The number of aromatic amines is 1. The maximum absolute atomic E-state index is 12.8. The van der Waals surface area contributed by atoms with Gasteiger partial charge in [0.1, 0.15) is 5.82 Å². The smallest absolute Gasteiger partial charge is 0.382 e. The number of hydrogen-bond acceptors (Lipinski definition) is 3. The number of aromatic nitrogens is 2. The predicted octanol–water partition coefficient (Wildman–Crippen LogP) is 2.84. The fourth-order valence-electron chi connectivity index (χ4n) is 3.06. The highest BCUT2D eigenvalue weighted by atomic mass is 19.4. The number of likely N-dealkylation sites (tertiary alicyclic amines) is 1. The van der Waals surface area contributed by atoms with Crippen molar-refractivity contribution in [2.24, 2.45) is 0 Å². The summed E-state index contributed by atoms with van der Waals surface area (Å²) in [6.45, 7) is 0.821. The van der Waals surface area contributed by atoms with Crippen molar-refractivity contribution in [2.75, 3.05) is 6.54 Å². The first-order valence-corrected chi connectivity index (χ1v) is 7.37. The SMILES string of the molecule is OC(C1CCCCN1Cc1nc2ccccc2[nH]1)C(F)(F)F. The molecule has 120 valence electrons. The van der Waals surface area contributed by atoms with Gasteiger partial charge in [0, 0.05) is 6.04 Å². The van der Waals surface area contributed by atoms with E-state index in [-0.39, 0.29) is 6.54 Å². The molecule has 4 nitrogen and oxygen atoms in total. The van der Waals surface area contributed by atoms with Gasteiger partial charge in [0.15, 0.2) is 6.10 Å². The van der Waals surface area contributed by atoms with Crippen molar-refractivity contribution >= 4 is 11.0 Å². The van der Waals surface area contributed by atoms with Crippen LogP contribution in [0.5, 0.6) is 0 Å². The predicted molar refractivity (Wildman–Crippen MR) is 76.2 cm³/mol. The van der Waals surface area contributed by atoms with Crippen molar-refractivity contribution in [1.82, 2.24) is 14.9 Å². The molecule has 3 rings (SSSR count). The molecule has 2 heterocycles. The van der Waals surface area contributed by atoms with Crippen molar-refractivity contribution in [3.05, 3.63) is 30.1 Å². The van der Waals surface area contributed by atoms with Gasteiger partial charge in [0.25, 0.3) is 0 Å². The Kier molecular flexibility index (Phi) is 4.10. The number of fused-ring (bicyclic) bond motifs is 1. The normalized spacial score (nSPS) is 22.1. The Morgan fingerprint density at radius 3 is 2.82 bits per heavy atom. The Balaban J connectivity index is 1.79. The van der Waals surface area contributed by atoms with E-state index in [9.17, 15) is 18.3 Å². The minimum absolute atomic E-state index is 0.284. The summed E-state index contributed by atoms with van der Waals surface area (Å²) < 4.78 is 38.4. The number of aliphatic hydroxyl groups is 1. The zero-order chi connectivity index (χ0) is 15.7. The number of H-pyrrole nitrogens is 1. The van der Waals surface area contributed by atoms with E-state index in [2.05, 4.69) is 9.97 Å². The Morgan fingerprint density at radius 1 is 1.32 bits per heavy atom. The maximum Gasteiger partial charge on any atom is 0.415 e. The highest BCUT2D eigenvalue weighted by Crippen LogP contribution is 2.30. The minimum atomic E-state index is -4.59. The number of nitrogens with one attached hydrogen (secondary N) is 1. The molecule has 2 N–H and O–H groups in total. The van der Waals surface area contributed by atoms with Crippen molar-refractivity contribution < 1.29 is 18.3 Å².